The number of rotatable bonds is 5. The zero-order chi connectivity index (χ0) is 19.5. The largest absolute Gasteiger partial charge is 0.452 e. The van der Waals surface area contributed by atoms with Crippen molar-refractivity contribution in [1.82, 2.24) is 9.21 Å². The van der Waals surface area contributed by atoms with Gasteiger partial charge in [-0.15, -0.1) is 0 Å². The summed E-state index contributed by atoms with van der Waals surface area (Å²) in [6.45, 7) is 4.79. The van der Waals surface area contributed by atoms with Gasteiger partial charge >= 0.3 is 5.97 Å². The Bertz CT molecular complexity index is 789. The van der Waals surface area contributed by atoms with Crippen molar-refractivity contribution in [1.29, 1.82) is 0 Å². The molecule has 1 aromatic carbocycles. The van der Waals surface area contributed by atoms with Crippen LogP contribution in [-0.2, 0) is 19.6 Å². The van der Waals surface area contributed by atoms with Crippen LogP contribution >= 0.6 is 0 Å². The predicted molar refractivity (Wildman–Crippen MR) is 97.3 cm³/mol. The number of hydrogen-bond donors (Lipinski definition) is 0. The summed E-state index contributed by atoms with van der Waals surface area (Å²) in [4.78, 5) is 26.3. The summed E-state index contributed by atoms with van der Waals surface area (Å²) in [5.74, 6) is -0.477. The summed E-state index contributed by atoms with van der Waals surface area (Å²) >= 11 is 0. The summed E-state index contributed by atoms with van der Waals surface area (Å²) < 4.78 is 30.7. The minimum absolute atomic E-state index is 0.0104. The Morgan fingerprint density at radius 1 is 1.31 bits per heavy atom. The molecule has 0 saturated carbocycles. The number of sulfonamides is 1. The van der Waals surface area contributed by atoms with E-state index in [9.17, 15) is 18.0 Å². The van der Waals surface area contributed by atoms with Gasteiger partial charge in [0.15, 0.2) is 6.61 Å². The Kier molecular flexibility index (Phi) is 6.41. The fourth-order valence-electron chi connectivity index (χ4n) is 2.90. The lowest BCUT2D eigenvalue weighted by molar-refractivity contribution is -0.136. The standard InChI is InChI=1S/C18H26N2O5S/c1-13-6-5-9-20(11-13)17(21)12-25-18(22)16-10-15(8-7-14(16)2)26(23,24)19(3)4/h7-8,10,13H,5-6,9,11-12H2,1-4H3/t13-/m0/s1. The smallest absolute Gasteiger partial charge is 0.338 e. The molecular weight excluding hydrogens is 356 g/mol. The van der Waals surface area contributed by atoms with Gasteiger partial charge in [0.05, 0.1) is 10.5 Å². The normalized spacial score (nSPS) is 18.0. The van der Waals surface area contributed by atoms with Crippen LogP contribution in [0.5, 0.6) is 0 Å². The second-order valence-corrected chi connectivity index (χ2v) is 9.08. The van der Waals surface area contributed by atoms with Gasteiger partial charge < -0.3 is 9.64 Å². The van der Waals surface area contributed by atoms with Crippen LogP contribution in [0.4, 0.5) is 0 Å². The van der Waals surface area contributed by atoms with Gasteiger partial charge in [0.1, 0.15) is 0 Å². The summed E-state index contributed by atoms with van der Waals surface area (Å²) in [5.41, 5.74) is 0.736. The molecule has 0 N–H and O–H groups in total. The molecule has 0 unspecified atom stereocenters. The molecule has 2 rings (SSSR count). The maximum absolute atomic E-state index is 12.4. The highest BCUT2D eigenvalue weighted by atomic mass is 32.2. The highest BCUT2D eigenvalue weighted by Crippen LogP contribution is 2.19. The molecule has 0 spiro atoms. The van der Waals surface area contributed by atoms with E-state index in [-0.39, 0.29) is 23.0 Å². The van der Waals surface area contributed by atoms with Crippen LogP contribution in [0.1, 0.15) is 35.7 Å². The number of amides is 1. The maximum Gasteiger partial charge on any atom is 0.338 e. The first kappa shape index (κ1) is 20.4. The summed E-state index contributed by atoms with van der Waals surface area (Å²) in [6, 6.07) is 4.29. The van der Waals surface area contributed by atoms with Crippen LogP contribution in [0.25, 0.3) is 0 Å². The number of hydrogen-bond acceptors (Lipinski definition) is 5. The second-order valence-electron chi connectivity index (χ2n) is 6.93. The molecule has 8 heteroatoms. The van der Waals surface area contributed by atoms with E-state index in [0.717, 1.165) is 17.1 Å². The van der Waals surface area contributed by atoms with Crippen LogP contribution in [0.2, 0.25) is 0 Å². The number of carbonyl (C=O) groups is 2. The molecule has 1 aromatic rings. The van der Waals surface area contributed by atoms with Gasteiger partial charge in [0, 0.05) is 27.2 Å². The van der Waals surface area contributed by atoms with Crippen molar-refractivity contribution < 1.29 is 22.7 Å². The lowest BCUT2D eigenvalue weighted by Crippen LogP contribution is -2.41. The quantitative estimate of drug-likeness (QED) is 0.723. The van der Waals surface area contributed by atoms with E-state index in [0.29, 0.717) is 24.6 Å². The lowest BCUT2D eigenvalue weighted by atomic mass is 10.0. The molecule has 1 fully saturated rings. The van der Waals surface area contributed by atoms with Crippen LogP contribution in [0.3, 0.4) is 0 Å². The monoisotopic (exact) mass is 382 g/mol. The van der Waals surface area contributed by atoms with Gasteiger partial charge in [-0.25, -0.2) is 17.5 Å². The van der Waals surface area contributed by atoms with Crippen molar-refractivity contribution in [3.63, 3.8) is 0 Å². The molecule has 1 aliphatic rings. The molecule has 1 saturated heterocycles. The minimum Gasteiger partial charge on any atom is -0.452 e. The Labute approximate surface area is 155 Å². The van der Waals surface area contributed by atoms with Crippen LogP contribution in [-0.4, -0.2) is 63.3 Å². The van der Waals surface area contributed by atoms with E-state index in [1.807, 2.05) is 0 Å². The van der Waals surface area contributed by atoms with Gasteiger partial charge in [0.2, 0.25) is 10.0 Å². The van der Waals surface area contributed by atoms with Crippen LogP contribution < -0.4 is 0 Å². The van der Waals surface area contributed by atoms with Gasteiger partial charge in [-0.1, -0.05) is 13.0 Å². The van der Waals surface area contributed by atoms with Crippen molar-refractivity contribution in [2.45, 2.75) is 31.6 Å². The first-order valence-corrected chi connectivity index (χ1v) is 10.0. The third-order valence-electron chi connectivity index (χ3n) is 4.54. The molecule has 0 aromatic heterocycles. The van der Waals surface area contributed by atoms with Crippen LogP contribution in [0, 0.1) is 12.8 Å². The first-order valence-electron chi connectivity index (χ1n) is 8.61. The third kappa shape index (κ3) is 4.62. The Hall–Kier alpha value is -1.93. The molecule has 1 atom stereocenters. The van der Waals surface area contributed by atoms with E-state index in [1.54, 1.807) is 17.9 Å². The molecule has 26 heavy (non-hydrogen) atoms. The SMILES string of the molecule is Cc1ccc(S(=O)(=O)N(C)C)cc1C(=O)OCC(=O)N1CCC[C@H](C)C1. The first-order chi connectivity index (χ1) is 12.1. The molecular formula is C18H26N2O5S. The molecule has 0 aliphatic carbocycles. The highest BCUT2D eigenvalue weighted by molar-refractivity contribution is 7.89. The number of carbonyl (C=O) groups excluding carboxylic acids is 2. The third-order valence-corrected chi connectivity index (χ3v) is 6.36. The molecule has 1 amide bonds. The Morgan fingerprint density at radius 2 is 2.00 bits per heavy atom. The molecule has 144 valence electrons. The van der Waals surface area contributed by atoms with Crippen molar-refractivity contribution in [2.75, 3.05) is 33.8 Å². The zero-order valence-electron chi connectivity index (χ0n) is 15.7. The zero-order valence-corrected chi connectivity index (χ0v) is 16.5. The summed E-state index contributed by atoms with van der Waals surface area (Å²) in [5, 5.41) is 0. The average Bonchev–Trinajstić information content (AvgIpc) is 2.59. The van der Waals surface area contributed by atoms with Crippen molar-refractivity contribution in [2.24, 2.45) is 5.92 Å². The fourth-order valence-corrected chi connectivity index (χ4v) is 3.83. The maximum atomic E-state index is 12.4. The van der Waals surface area contributed by atoms with Gasteiger partial charge in [-0.05, 0) is 43.4 Å². The number of esters is 1. The number of benzene rings is 1. The Balaban J connectivity index is 2.08. The van der Waals surface area contributed by atoms with E-state index in [4.69, 9.17) is 4.74 Å². The minimum atomic E-state index is -3.65. The van der Waals surface area contributed by atoms with Gasteiger partial charge in [-0.2, -0.15) is 0 Å². The number of aryl methyl sites for hydroxylation is 1. The lowest BCUT2D eigenvalue weighted by Gasteiger charge is -2.30. The molecule has 0 radical (unpaired) electrons. The van der Waals surface area contributed by atoms with E-state index < -0.39 is 16.0 Å². The number of ether oxygens (including phenoxy) is 1. The average molecular weight is 382 g/mol. The number of likely N-dealkylation sites (tertiary alicyclic amines) is 1. The Morgan fingerprint density at radius 3 is 2.62 bits per heavy atom. The molecule has 7 nitrogen and oxygen atoms in total. The molecule has 1 aliphatic heterocycles. The second kappa shape index (κ2) is 8.18. The van der Waals surface area contributed by atoms with Crippen LogP contribution in [0.15, 0.2) is 23.1 Å². The number of piperidine rings is 1. The molecule has 0 bridgehead atoms. The highest BCUT2D eigenvalue weighted by Gasteiger charge is 2.24. The van der Waals surface area contributed by atoms with Crippen molar-refractivity contribution in [3.8, 4) is 0 Å². The molecule has 1 heterocycles. The fraction of sp³-hybridized carbons (Fsp3) is 0.556. The van der Waals surface area contributed by atoms with Crippen molar-refractivity contribution in [3.05, 3.63) is 29.3 Å². The number of nitrogens with zero attached hydrogens (tertiary/aromatic N) is 2. The predicted octanol–water partition coefficient (Wildman–Crippen LogP) is 1.66. The van der Waals surface area contributed by atoms with E-state index in [1.165, 1.54) is 26.2 Å². The van der Waals surface area contributed by atoms with E-state index >= 15 is 0 Å². The van der Waals surface area contributed by atoms with Gasteiger partial charge in [0.25, 0.3) is 5.91 Å². The van der Waals surface area contributed by atoms with Gasteiger partial charge in [-0.3, -0.25) is 4.79 Å². The topological polar surface area (TPSA) is 84.0 Å². The van der Waals surface area contributed by atoms with Crippen molar-refractivity contribution >= 4 is 21.9 Å². The summed E-state index contributed by atoms with van der Waals surface area (Å²) in [7, 11) is -0.810. The summed E-state index contributed by atoms with van der Waals surface area (Å²) in [6.07, 6.45) is 2.04. The van der Waals surface area contributed by atoms with E-state index in [2.05, 4.69) is 6.92 Å².